The van der Waals surface area contributed by atoms with Crippen molar-refractivity contribution in [3.8, 4) is 0 Å². The Kier molecular flexibility index (Phi) is 6.14. The van der Waals surface area contributed by atoms with Gasteiger partial charge in [-0.25, -0.2) is 4.98 Å². The van der Waals surface area contributed by atoms with Crippen LogP contribution in [0.15, 0.2) is 5.38 Å². The van der Waals surface area contributed by atoms with Crippen molar-refractivity contribution in [3.63, 3.8) is 0 Å². The Morgan fingerprint density at radius 3 is 2.71 bits per heavy atom. The number of nitrogens with zero attached hydrogens (tertiary/aromatic N) is 3. The minimum Gasteiger partial charge on any atom is -0.340 e. The Balaban J connectivity index is 1.76. The van der Waals surface area contributed by atoms with E-state index in [4.69, 9.17) is 0 Å². The van der Waals surface area contributed by atoms with Gasteiger partial charge in [0.2, 0.25) is 5.91 Å². The number of nitrogens with one attached hydrogen (secondary N) is 1. The zero-order chi connectivity index (χ0) is 15.2. The maximum Gasteiger partial charge on any atom is 0.226 e. The molecule has 0 aromatic carbocycles. The third-order valence-electron chi connectivity index (χ3n) is 3.86. The van der Waals surface area contributed by atoms with E-state index >= 15 is 0 Å². The minimum atomic E-state index is 0.0673. The fraction of sp³-hybridized carbons (Fsp3) is 0.733. The molecule has 1 saturated heterocycles. The molecule has 1 aliphatic rings. The summed E-state index contributed by atoms with van der Waals surface area (Å²) in [5.74, 6) is 0.345. The summed E-state index contributed by atoms with van der Waals surface area (Å²) >= 11 is 1.70. The molecule has 1 N–H and O–H groups in total. The van der Waals surface area contributed by atoms with Gasteiger partial charge in [-0.15, -0.1) is 11.3 Å². The molecule has 1 aromatic rings. The van der Waals surface area contributed by atoms with Gasteiger partial charge in [-0.3, -0.25) is 9.69 Å². The highest BCUT2D eigenvalue weighted by Gasteiger charge is 2.24. The van der Waals surface area contributed by atoms with Crippen molar-refractivity contribution < 1.29 is 4.79 Å². The maximum atomic E-state index is 12.3. The van der Waals surface area contributed by atoms with Crippen LogP contribution in [-0.4, -0.2) is 60.0 Å². The molecule has 0 saturated carbocycles. The molecule has 2 heterocycles. The highest BCUT2D eigenvalue weighted by Crippen LogP contribution is 2.13. The third-order valence-corrected chi connectivity index (χ3v) is 4.68. The molecule has 21 heavy (non-hydrogen) atoms. The van der Waals surface area contributed by atoms with Crippen molar-refractivity contribution in [1.82, 2.24) is 20.1 Å². The second-order valence-electron chi connectivity index (χ2n) is 5.67. The molecule has 6 heteroatoms. The first-order chi connectivity index (χ1) is 10.1. The molecule has 1 aromatic heterocycles. The van der Waals surface area contributed by atoms with Crippen LogP contribution in [0.2, 0.25) is 0 Å². The zero-order valence-corrected chi connectivity index (χ0v) is 14.1. The smallest absolute Gasteiger partial charge is 0.226 e. The lowest BCUT2D eigenvalue weighted by molar-refractivity contribution is -0.136. The van der Waals surface area contributed by atoms with E-state index < -0.39 is 0 Å². The average Bonchev–Trinajstić information content (AvgIpc) is 2.90. The molecule has 0 aliphatic carbocycles. The summed E-state index contributed by atoms with van der Waals surface area (Å²) < 4.78 is 0. The Morgan fingerprint density at radius 1 is 1.43 bits per heavy atom. The number of piperazine rings is 1. The molecular formula is C15H26N4OS. The first kappa shape index (κ1) is 16.4. The molecule has 1 unspecified atom stereocenters. The van der Waals surface area contributed by atoms with E-state index in [0.717, 1.165) is 56.5 Å². The number of aromatic nitrogens is 1. The SMILES string of the molecule is CCNCC(C)C(=O)N1CCN(Cc2csc(C)n2)CC1. The summed E-state index contributed by atoms with van der Waals surface area (Å²) in [7, 11) is 0. The standard InChI is InChI=1S/C15H26N4OS/c1-4-16-9-12(2)15(20)19-7-5-18(6-8-19)10-14-11-21-13(3)17-14/h11-12,16H,4-10H2,1-3H3. The molecule has 2 rings (SSSR count). The minimum absolute atomic E-state index is 0.0673. The molecule has 1 atom stereocenters. The topological polar surface area (TPSA) is 48.5 Å². The molecule has 1 amide bonds. The normalized spacial score (nSPS) is 18.0. The lowest BCUT2D eigenvalue weighted by atomic mass is 10.1. The molecule has 0 bridgehead atoms. The zero-order valence-electron chi connectivity index (χ0n) is 13.3. The van der Waals surface area contributed by atoms with E-state index in [0.29, 0.717) is 0 Å². The summed E-state index contributed by atoms with van der Waals surface area (Å²) in [6, 6.07) is 0. The lowest BCUT2D eigenvalue weighted by Gasteiger charge is -2.35. The molecule has 0 radical (unpaired) electrons. The first-order valence-corrected chi connectivity index (χ1v) is 8.61. The van der Waals surface area contributed by atoms with Gasteiger partial charge in [-0.1, -0.05) is 13.8 Å². The number of hydrogen-bond donors (Lipinski definition) is 1. The van der Waals surface area contributed by atoms with Crippen LogP contribution in [0.4, 0.5) is 0 Å². The van der Waals surface area contributed by atoms with E-state index in [1.165, 1.54) is 0 Å². The molecule has 5 nitrogen and oxygen atoms in total. The molecule has 1 fully saturated rings. The Labute approximate surface area is 131 Å². The van der Waals surface area contributed by atoms with E-state index in [2.05, 4.69) is 27.5 Å². The van der Waals surface area contributed by atoms with Gasteiger partial charge in [-0.05, 0) is 13.5 Å². The third kappa shape index (κ3) is 4.76. The lowest BCUT2D eigenvalue weighted by Crippen LogP contribution is -2.50. The number of rotatable bonds is 6. The van der Waals surface area contributed by atoms with Gasteiger partial charge in [-0.2, -0.15) is 0 Å². The van der Waals surface area contributed by atoms with Gasteiger partial charge in [0.05, 0.1) is 10.7 Å². The van der Waals surface area contributed by atoms with E-state index in [9.17, 15) is 4.79 Å². The number of carbonyl (C=O) groups is 1. The van der Waals surface area contributed by atoms with Crippen LogP contribution in [0.3, 0.4) is 0 Å². The summed E-state index contributed by atoms with van der Waals surface area (Å²) in [5.41, 5.74) is 1.15. The monoisotopic (exact) mass is 310 g/mol. The van der Waals surface area contributed by atoms with Gasteiger partial charge in [0.15, 0.2) is 0 Å². The van der Waals surface area contributed by atoms with Crippen LogP contribution >= 0.6 is 11.3 Å². The Bertz CT molecular complexity index is 454. The van der Waals surface area contributed by atoms with Crippen LogP contribution in [0.5, 0.6) is 0 Å². The van der Waals surface area contributed by atoms with Crippen LogP contribution in [0.25, 0.3) is 0 Å². The summed E-state index contributed by atoms with van der Waals surface area (Å²) in [5, 5.41) is 6.50. The number of amides is 1. The average molecular weight is 310 g/mol. The predicted octanol–water partition coefficient (Wildman–Crippen LogP) is 1.34. The Hall–Kier alpha value is -0.980. The number of hydrogen-bond acceptors (Lipinski definition) is 5. The quantitative estimate of drug-likeness (QED) is 0.861. The Morgan fingerprint density at radius 2 is 2.14 bits per heavy atom. The van der Waals surface area contributed by atoms with Crippen LogP contribution in [-0.2, 0) is 11.3 Å². The van der Waals surface area contributed by atoms with Gasteiger partial charge in [0, 0.05) is 50.6 Å². The van der Waals surface area contributed by atoms with Crippen LogP contribution in [0, 0.1) is 12.8 Å². The van der Waals surface area contributed by atoms with Gasteiger partial charge < -0.3 is 10.2 Å². The highest BCUT2D eigenvalue weighted by molar-refractivity contribution is 7.09. The second kappa shape index (κ2) is 7.87. The summed E-state index contributed by atoms with van der Waals surface area (Å²) in [6.45, 7) is 12.2. The fourth-order valence-electron chi connectivity index (χ4n) is 2.60. The number of thiazole rings is 1. The number of carbonyl (C=O) groups excluding carboxylic acids is 1. The van der Waals surface area contributed by atoms with E-state index in [-0.39, 0.29) is 11.8 Å². The summed E-state index contributed by atoms with van der Waals surface area (Å²) in [6.07, 6.45) is 0. The van der Waals surface area contributed by atoms with Crippen molar-refractivity contribution >= 4 is 17.2 Å². The molecule has 118 valence electrons. The van der Waals surface area contributed by atoms with Crippen molar-refractivity contribution in [2.45, 2.75) is 27.3 Å². The van der Waals surface area contributed by atoms with Crippen molar-refractivity contribution in [2.24, 2.45) is 5.92 Å². The summed E-state index contributed by atoms with van der Waals surface area (Å²) in [4.78, 5) is 21.2. The van der Waals surface area contributed by atoms with Gasteiger partial charge in [0.25, 0.3) is 0 Å². The van der Waals surface area contributed by atoms with E-state index in [1.54, 1.807) is 11.3 Å². The first-order valence-electron chi connectivity index (χ1n) is 7.73. The largest absolute Gasteiger partial charge is 0.340 e. The van der Waals surface area contributed by atoms with Crippen LogP contribution < -0.4 is 5.32 Å². The number of aryl methyl sites for hydroxylation is 1. The van der Waals surface area contributed by atoms with Gasteiger partial charge in [0.1, 0.15) is 0 Å². The van der Waals surface area contributed by atoms with Crippen molar-refractivity contribution in [3.05, 3.63) is 16.1 Å². The molecular weight excluding hydrogens is 284 g/mol. The second-order valence-corrected chi connectivity index (χ2v) is 6.73. The van der Waals surface area contributed by atoms with Gasteiger partial charge >= 0.3 is 0 Å². The van der Waals surface area contributed by atoms with E-state index in [1.807, 2.05) is 18.7 Å². The van der Waals surface area contributed by atoms with Crippen LogP contribution in [0.1, 0.15) is 24.5 Å². The predicted molar refractivity (Wildman–Crippen MR) is 86.4 cm³/mol. The van der Waals surface area contributed by atoms with Crippen molar-refractivity contribution in [1.29, 1.82) is 0 Å². The maximum absolute atomic E-state index is 12.3. The van der Waals surface area contributed by atoms with Crippen molar-refractivity contribution in [2.75, 3.05) is 39.3 Å². The molecule has 0 spiro atoms. The molecule has 1 aliphatic heterocycles. The fourth-order valence-corrected chi connectivity index (χ4v) is 3.20. The highest BCUT2D eigenvalue weighted by atomic mass is 32.1.